The zero-order valence-corrected chi connectivity index (χ0v) is 70.8. The summed E-state index contributed by atoms with van der Waals surface area (Å²) in [4.78, 5) is 256. The van der Waals surface area contributed by atoms with E-state index in [1.165, 1.54) is 20.8 Å². The van der Waals surface area contributed by atoms with Crippen molar-refractivity contribution < 1.29 is 106 Å². The summed E-state index contributed by atoms with van der Waals surface area (Å²) in [5.41, 5.74) is 21.9. The van der Waals surface area contributed by atoms with Crippen molar-refractivity contribution >= 4 is 112 Å². The van der Waals surface area contributed by atoms with Crippen molar-refractivity contribution in [3.8, 4) is 0 Å². The van der Waals surface area contributed by atoms with E-state index in [1.54, 1.807) is 55.4 Å². The Balaban J connectivity index is 1.78. The van der Waals surface area contributed by atoms with Crippen LogP contribution in [0.3, 0.4) is 0 Å². The number of carboxylic acid groups (broad SMARTS) is 3. The summed E-state index contributed by atoms with van der Waals surface area (Å²) in [6, 6.07) is -19.4. The van der Waals surface area contributed by atoms with E-state index < -0.39 is 235 Å². The predicted octanol–water partition coefficient (Wildman–Crippen LogP) is -2.14. The first-order valence-electron chi connectivity index (χ1n) is 41.6. The van der Waals surface area contributed by atoms with E-state index in [-0.39, 0.29) is 107 Å². The molecule has 0 aromatic carbocycles. The molecule has 0 aromatic rings. The second kappa shape index (κ2) is 51.4. The number of amides is 16. The number of primary amides is 2. The van der Waals surface area contributed by atoms with Gasteiger partial charge < -0.3 is 113 Å². The molecule has 4 fully saturated rings. The maximum absolute atomic E-state index is 14.3. The van der Waals surface area contributed by atoms with Crippen LogP contribution in [0.4, 0.5) is 0 Å². The third-order valence-electron chi connectivity index (χ3n) is 21.1. The summed E-state index contributed by atoms with van der Waals surface area (Å²) in [5.74, 6) is -17.9. The van der Waals surface area contributed by atoms with Gasteiger partial charge in [0.25, 0.3) is 0 Å². The number of unbranched alkanes of at least 4 members (excludes halogenated alkanes) is 2. The Labute approximate surface area is 695 Å². The Morgan fingerprint density at radius 3 is 0.866 bits per heavy atom. The topological polar surface area (TPSA) is 658 Å². The molecule has 0 spiro atoms. The number of rotatable bonds is 58. The molecule has 4 bridgehead atoms. The zero-order chi connectivity index (χ0) is 89.7. The summed E-state index contributed by atoms with van der Waals surface area (Å²) in [6.45, 7) is 18.1. The lowest BCUT2D eigenvalue weighted by atomic mass is 9.49. The zero-order valence-electron chi connectivity index (χ0n) is 70.8. The van der Waals surface area contributed by atoms with Gasteiger partial charge in [-0.25, -0.2) is 4.79 Å². The Hall–Kier alpha value is -10.2. The fraction of sp³-hybridized carbons (Fsp3) is 0.759. The van der Waals surface area contributed by atoms with Crippen molar-refractivity contribution in [3.05, 3.63) is 0 Å². The summed E-state index contributed by atoms with van der Waals surface area (Å²) in [7, 11) is 0. The number of nitrogens with one attached hydrogen (secondary N) is 14. The third kappa shape index (κ3) is 37.8. The van der Waals surface area contributed by atoms with E-state index in [2.05, 4.69) is 74.4 Å². The van der Waals surface area contributed by atoms with Crippen molar-refractivity contribution in [1.29, 1.82) is 0 Å². The molecular weight excluding hydrogens is 1550 g/mol. The number of carbonyl (C=O) groups excluding carboxylic acids is 16. The van der Waals surface area contributed by atoms with Gasteiger partial charge in [-0.2, -0.15) is 0 Å². The maximum Gasteiger partial charge on any atom is 0.326 e. The lowest BCUT2D eigenvalue weighted by molar-refractivity contribution is -0.146. The average Bonchev–Trinajstić information content (AvgIpc) is 0.741. The fourth-order valence-corrected chi connectivity index (χ4v) is 15.3. The van der Waals surface area contributed by atoms with E-state index in [1.807, 2.05) is 0 Å². The first-order chi connectivity index (χ1) is 55.8. The first-order valence-corrected chi connectivity index (χ1v) is 41.6. The minimum Gasteiger partial charge on any atom is -0.481 e. The lowest BCUT2D eigenvalue weighted by Gasteiger charge is -2.55. The highest BCUT2D eigenvalue weighted by atomic mass is 16.4. The molecule has 16 amide bonds. The van der Waals surface area contributed by atoms with Crippen LogP contribution in [0.2, 0.25) is 0 Å². The number of carbonyl (C=O) groups is 19. The summed E-state index contributed by atoms with van der Waals surface area (Å²) < 4.78 is 0. The van der Waals surface area contributed by atoms with Crippen LogP contribution in [0, 0.1) is 46.8 Å². The van der Waals surface area contributed by atoms with E-state index in [0.717, 1.165) is 38.5 Å². The van der Waals surface area contributed by atoms with Gasteiger partial charge >= 0.3 is 17.9 Å². The fourth-order valence-electron chi connectivity index (χ4n) is 15.3. The molecule has 672 valence electrons. The van der Waals surface area contributed by atoms with Crippen molar-refractivity contribution in [3.63, 3.8) is 0 Å². The van der Waals surface area contributed by atoms with Crippen LogP contribution in [0.15, 0.2) is 0 Å². The molecule has 40 nitrogen and oxygen atoms in total. The monoisotopic (exact) mass is 1690 g/mol. The maximum atomic E-state index is 14.3. The van der Waals surface area contributed by atoms with Crippen molar-refractivity contribution in [2.45, 2.75) is 315 Å². The van der Waals surface area contributed by atoms with Gasteiger partial charge in [-0.05, 0) is 204 Å². The van der Waals surface area contributed by atoms with Crippen LogP contribution in [-0.2, 0) is 91.1 Å². The Morgan fingerprint density at radius 2 is 0.563 bits per heavy atom. The summed E-state index contributed by atoms with van der Waals surface area (Å²) >= 11 is 0. The number of hydrogen-bond donors (Lipinski definition) is 21. The highest BCUT2D eigenvalue weighted by molar-refractivity contribution is 6.00. The molecule has 0 saturated heterocycles. The second-order valence-corrected chi connectivity index (χ2v) is 33.9. The molecule has 25 N–H and O–H groups in total. The Bertz CT molecular complexity index is 3490. The van der Waals surface area contributed by atoms with Gasteiger partial charge in [0.15, 0.2) is 0 Å². The van der Waals surface area contributed by atoms with Gasteiger partial charge in [0.05, 0.1) is 0 Å². The molecule has 4 rings (SSSR count). The normalized spacial score (nSPS) is 19.1. The molecule has 4 aliphatic carbocycles. The van der Waals surface area contributed by atoms with Gasteiger partial charge in [-0.3, -0.25) is 86.3 Å². The molecule has 0 aliphatic heterocycles. The molecule has 0 aromatic heterocycles. The highest BCUT2D eigenvalue weighted by Crippen LogP contribution is 2.60. The molecule has 0 heterocycles. The minimum atomic E-state index is -1.82. The van der Waals surface area contributed by atoms with Crippen molar-refractivity contribution in [2.24, 2.45) is 69.8 Å². The minimum absolute atomic E-state index is 0.00998. The number of hydrogen-bond acceptors (Lipinski definition) is 21. The van der Waals surface area contributed by atoms with E-state index in [0.29, 0.717) is 37.0 Å². The van der Waals surface area contributed by atoms with Crippen molar-refractivity contribution in [1.82, 2.24) is 74.4 Å². The average molecular weight is 1690 g/mol. The summed E-state index contributed by atoms with van der Waals surface area (Å²) in [6.07, 6.45) is 2.24. The van der Waals surface area contributed by atoms with Crippen LogP contribution >= 0.6 is 0 Å². The van der Waals surface area contributed by atoms with E-state index in [9.17, 15) is 106 Å². The second-order valence-electron chi connectivity index (χ2n) is 33.9. The largest absolute Gasteiger partial charge is 0.481 e. The van der Waals surface area contributed by atoms with Crippen LogP contribution in [0.25, 0.3) is 0 Å². The van der Waals surface area contributed by atoms with Crippen LogP contribution in [0.1, 0.15) is 237 Å². The molecule has 119 heavy (non-hydrogen) atoms. The quantitative estimate of drug-likeness (QED) is 0.0289. The SMILES string of the molecule is CC(C)C[C@H](NC(=O)[C@H](CCCCN)NC(=O)[C@H](CCC(N)=O)NC(=O)[C@H](CCCCN)NC(=O)[C@H](CC(C)C)NC(=O)[C@H](C)NC(=O)[C@H](C)NC(=O)[C@H](CC(C)C)NC(=O)[C@H](CCC(=O)O)NC(=O)[C@H](CCC(N)=O)NC(=O)[C@H](CCC(=O)O)NC(=O)[C@H](CC(C)C)NC(=O)[C@H](C)NC(=O)CCNC(=O)C12CC3CC(CC(C3)C1)C2)C(=O)O. The summed E-state index contributed by atoms with van der Waals surface area (Å²) in [5, 5.41) is 64.7. The highest BCUT2D eigenvalue weighted by Gasteiger charge is 2.55. The van der Waals surface area contributed by atoms with Crippen LogP contribution < -0.4 is 97.4 Å². The van der Waals surface area contributed by atoms with Crippen LogP contribution in [0.5, 0.6) is 0 Å². The van der Waals surface area contributed by atoms with Crippen LogP contribution in [-0.4, -0.2) is 226 Å². The van der Waals surface area contributed by atoms with E-state index >= 15 is 0 Å². The number of nitrogens with two attached hydrogens (primary N) is 4. The predicted molar refractivity (Wildman–Crippen MR) is 432 cm³/mol. The van der Waals surface area contributed by atoms with E-state index in [4.69, 9.17) is 22.9 Å². The first kappa shape index (κ1) is 103. The molecule has 0 radical (unpaired) electrons. The standard InChI is InChI=1S/C79H134N18O22/c1-40(2)30-56(74(114)87-45(10)65(105)86-46(11)67(107)95-57(31-41(3)4)75(115)89-50(16-12-14-27-80)68(108)90-52(18-22-60(82)98)70(110)88-51(17-13-15-28-81)69(109)97-59(77(117)118)33-43(7)8)96-73(113)55(21-25-64(103)104)92-71(111)53(19-23-61(83)99)91-72(112)54(20-24-63(101)102)93-76(116)58(32-42(5)6)94-66(106)44(9)85-62(100)26-29-84-78(119)79-37-47-34-48(38-79)36-49(35-47)39-79/h40-59H,12-39,80-81H2,1-11H3,(H2,82,98)(H2,83,99)(H,84,119)(H,85,100)(H,86,105)(H,87,114)(H,88,110)(H,89,115)(H,90,108)(H,91,112)(H,92,111)(H,93,116)(H,94,106)(H,95,107)(H,96,113)(H,97,109)(H,101,102)(H,103,104)(H,117,118)/t44-,45-,46-,47?,48?,49?,50-,51-,52-,53-,54-,55-,56-,57-,58-,59-,79?/m0/s1. The molecule has 4 aliphatic rings. The number of aliphatic carboxylic acids is 3. The van der Waals surface area contributed by atoms with Gasteiger partial charge in [-0.1, -0.05) is 55.4 Å². The molecule has 4 saturated carbocycles. The lowest BCUT2D eigenvalue weighted by Crippen LogP contribution is -2.60. The van der Waals surface area contributed by atoms with Gasteiger partial charge in [-0.15, -0.1) is 0 Å². The molecule has 13 atom stereocenters. The third-order valence-corrected chi connectivity index (χ3v) is 21.1. The molecule has 0 unspecified atom stereocenters. The Kier molecular flexibility index (Phi) is 44.5. The van der Waals surface area contributed by atoms with Gasteiger partial charge in [0, 0.05) is 44.1 Å². The number of carboxylic acids is 3. The van der Waals surface area contributed by atoms with Crippen molar-refractivity contribution in [2.75, 3.05) is 19.6 Å². The molecular formula is C79H134N18O22. The van der Waals surface area contributed by atoms with Gasteiger partial charge in [0.2, 0.25) is 94.5 Å². The Morgan fingerprint density at radius 1 is 0.311 bits per heavy atom. The van der Waals surface area contributed by atoms with Gasteiger partial charge in [0.1, 0.15) is 78.5 Å². The molecule has 40 heteroatoms. The smallest absolute Gasteiger partial charge is 0.326 e.